The fourth-order valence-corrected chi connectivity index (χ4v) is 3.25. The molecule has 4 rings (SSSR count). The summed E-state index contributed by atoms with van der Waals surface area (Å²) in [4.78, 5) is 11.3. The molecule has 0 bridgehead atoms. The van der Waals surface area contributed by atoms with Crippen molar-refractivity contribution in [1.82, 2.24) is 29.6 Å². The Balaban J connectivity index is 1.32. The SMILES string of the molecule is CN(Cc1nc(C2CC2)n[nH]1)CC1CCc2nccn2C1. The molecule has 1 N–H and O–H groups in total. The van der Waals surface area contributed by atoms with Gasteiger partial charge in [-0.3, -0.25) is 10.00 Å². The Morgan fingerprint density at radius 3 is 3.14 bits per heavy atom. The first-order chi connectivity index (χ1) is 10.3. The molecule has 1 aliphatic heterocycles. The number of nitrogens with one attached hydrogen (secondary N) is 1. The lowest BCUT2D eigenvalue weighted by Gasteiger charge is -2.27. The summed E-state index contributed by atoms with van der Waals surface area (Å²) in [6.45, 7) is 3.04. The van der Waals surface area contributed by atoms with Crippen molar-refractivity contribution in [2.24, 2.45) is 5.92 Å². The summed E-state index contributed by atoms with van der Waals surface area (Å²) in [6.07, 6.45) is 8.84. The molecule has 0 spiro atoms. The van der Waals surface area contributed by atoms with E-state index in [1.54, 1.807) is 0 Å². The second kappa shape index (κ2) is 5.26. The predicted molar refractivity (Wildman–Crippen MR) is 78.7 cm³/mol. The van der Waals surface area contributed by atoms with Crippen LogP contribution < -0.4 is 0 Å². The van der Waals surface area contributed by atoms with Gasteiger partial charge in [-0.15, -0.1) is 0 Å². The van der Waals surface area contributed by atoms with E-state index < -0.39 is 0 Å². The Kier molecular flexibility index (Phi) is 3.25. The van der Waals surface area contributed by atoms with Crippen molar-refractivity contribution in [2.45, 2.75) is 44.7 Å². The number of fused-ring (bicyclic) bond motifs is 1. The molecule has 1 saturated carbocycles. The third kappa shape index (κ3) is 2.85. The Morgan fingerprint density at radius 1 is 1.38 bits per heavy atom. The maximum atomic E-state index is 4.61. The smallest absolute Gasteiger partial charge is 0.153 e. The minimum Gasteiger partial charge on any atom is -0.335 e. The molecule has 1 atom stereocenters. The van der Waals surface area contributed by atoms with E-state index in [1.165, 1.54) is 25.1 Å². The van der Waals surface area contributed by atoms with E-state index in [0.717, 1.165) is 37.7 Å². The Hall–Kier alpha value is -1.69. The zero-order chi connectivity index (χ0) is 14.2. The predicted octanol–water partition coefficient (Wildman–Crippen LogP) is 1.57. The minimum atomic E-state index is 0.623. The second-order valence-corrected chi connectivity index (χ2v) is 6.51. The zero-order valence-corrected chi connectivity index (χ0v) is 12.5. The molecular weight excluding hydrogens is 264 g/mol. The Bertz CT molecular complexity index is 611. The fourth-order valence-electron chi connectivity index (χ4n) is 3.25. The molecule has 6 heteroatoms. The number of H-pyrrole nitrogens is 1. The van der Waals surface area contributed by atoms with Crippen LogP contribution in [0.15, 0.2) is 12.4 Å². The van der Waals surface area contributed by atoms with Crippen molar-refractivity contribution in [3.63, 3.8) is 0 Å². The number of hydrogen-bond donors (Lipinski definition) is 1. The van der Waals surface area contributed by atoms with Crippen LogP contribution in [-0.4, -0.2) is 43.2 Å². The lowest BCUT2D eigenvalue weighted by atomic mass is 9.99. The first kappa shape index (κ1) is 13.0. The molecular formula is C15H22N6. The van der Waals surface area contributed by atoms with Gasteiger partial charge in [-0.1, -0.05) is 0 Å². The molecule has 0 aromatic carbocycles. The summed E-state index contributed by atoms with van der Waals surface area (Å²) in [6, 6.07) is 0. The van der Waals surface area contributed by atoms with Crippen LogP contribution in [0.1, 0.15) is 42.7 Å². The van der Waals surface area contributed by atoms with Gasteiger partial charge in [0.2, 0.25) is 0 Å². The highest BCUT2D eigenvalue weighted by Crippen LogP contribution is 2.37. The highest BCUT2D eigenvalue weighted by molar-refractivity contribution is 5.05. The van der Waals surface area contributed by atoms with Gasteiger partial charge in [0.25, 0.3) is 0 Å². The summed E-state index contributed by atoms with van der Waals surface area (Å²) >= 11 is 0. The average Bonchev–Trinajstić information content (AvgIpc) is 3.04. The highest BCUT2D eigenvalue weighted by Gasteiger charge is 2.28. The fraction of sp³-hybridized carbons (Fsp3) is 0.667. The molecule has 0 radical (unpaired) electrons. The Morgan fingerprint density at radius 2 is 2.29 bits per heavy atom. The molecule has 2 aromatic rings. The quantitative estimate of drug-likeness (QED) is 0.906. The van der Waals surface area contributed by atoms with E-state index in [4.69, 9.17) is 0 Å². The topological polar surface area (TPSA) is 62.6 Å². The molecule has 3 heterocycles. The lowest BCUT2D eigenvalue weighted by molar-refractivity contribution is 0.225. The molecule has 6 nitrogen and oxygen atoms in total. The number of aryl methyl sites for hydroxylation is 1. The van der Waals surface area contributed by atoms with Crippen LogP contribution in [0.25, 0.3) is 0 Å². The number of hydrogen-bond acceptors (Lipinski definition) is 4. The lowest BCUT2D eigenvalue weighted by Crippen LogP contribution is -2.31. The third-order valence-corrected chi connectivity index (χ3v) is 4.51. The normalized spacial score (nSPS) is 21.7. The molecule has 2 aliphatic rings. The third-order valence-electron chi connectivity index (χ3n) is 4.51. The van der Waals surface area contributed by atoms with Gasteiger partial charge in [-0.25, -0.2) is 9.97 Å². The largest absolute Gasteiger partial charge is 0.335 e. The maximum Gasteiger partial charge on any atom is 0.153 e. The van der Waals surface area contributed by atoms with Crippen LogP contribution in [0.3, 0.4) is 0 Å². The van der Waals surface area contributed by atoms with E-state index in [-0.39, 0.29) is 0 Å². The van der Waals surface area contributed by atoms with E-state index in [0.29, 0.717) is 11.8 Å². The molecule has 1 unspecified atom stereocenters. The van der Waals surface area contributed by atoms with Gasteiger partial charge >= 0.3 is 0 Å². The maximum absolute atomic E-state index is 4.61. The summed E-state index contributed by atoms with van der Waals surface area (Å²) in [5.74, 6) is 4.57. The molecule has 1 fully saturated rings. The first-order valence-electron chi connectivity index (χ1n) is 7.87. The van der Waals surface area contributed by atoms with Gasteiger partial charge in [0.15, 0.2) is 5.82 Å². The van der Waals surface area contributed by atoms with Crippen LogP contribution >= 0.6 is 0 Å². The highest BCUT2D eigenvalue weighted by atomic mass is 15.2. The van der Waals surface area contributed by atoms with Gasteiger partial charge in [-0.05, 0) is 32.2 Å². The van der Waals surface area contributed by atoms with Crippen LogP contribution in [0.2, 0.25) is 0 Å². The first-order valence-corrected chi connectivity index (χ1v) is 7.87. The average molecular weight is 286 g/mol. The molecule has 2 aromatic heterocycles. The molecule has 1 aliphatic carbocycles. The summed E-state index contributed by atoms with van der Waals surface area (Å²) in [5, 5.41) is 7.41. The van der Waals surface area contributed by atoms with Crippen molar-refractivity contribution >= 4 is 0 Å². The van der Waals surface area contributed by atoms with Crippen LogP contribution in [0.4, 0.5) is 0 Å². The Labute approximate surface area is 124 Å². The van der Waals surface area contributed by atoms with E-state index >= 15 is 0 Å². The van der Waals surface area contributed by atoms with Gasteiger partial charge in [0.05, 0.1) is 6.54 Å². The molecule has 0 saturated heterocycles. The van der Waals surface area contributed by atoms with Crippen LogP contribution in [0.5, 0.6) is 0 Å². The van der Waals surface area contributed by atoms with Crippen LogP contribution in [0, 0.1) is 5.92 Å². The summed E-state index contributed by atoms with van der Waals surface area (Å²) in [7, 11) is 2.17. The van der Waals surface area contributed by atoms with Crippen molar-refractivity contribution < 1.29 is 0 Å². The van der Waals surface area contributed by atoms with Crippen LogP contribution in [-0.2, 0) is 19.5 Å². The van der Waals surface area contributed by atoms with E-state index in [1.807, 2.05) is 6.20 Å². The summed E-state index contributed by atoms with van der Waals surface area (Å²) in [5.41, 5.74) is 0. The van der Waals surface area contributed by atoms with E-state index in [2.05, 4.69) is 42.9 Å². The van der Waals surface area contributed by atoms with Gasteiger partial charge in [0.1, 0.15) is 11.6 Å². The van der Waals surface area contributed by atoms with Gasteiger partial charge in [-0.2, -0.15) is 5.10 Å². The standard InChI is InChI=1S/C15H22N6/c1-20(10-13-17-15(19-18-13)12-3-4-12)8-11-2-5-14-16-6-7-21(14)9-11/h6-7,11-12H,2-5,8-10H2,1H3,(H,17,18,19). The summed E-state index contributed by atoms with van der Waals surface area (Å²) < 4.78 is 2.29. The van der Waals surface area contributed by atoms with Gasteiger partial charge < -0.3 is 4.57 Å². The molecule has 21 heavy (non-hydrogen) atoms. The molecule has 0 amide bonds. The minimum absolute atomic E-state index is 0.623. The molecule has 112 valence electrons. The van der Waals surface area contributed by atoms with Crippen molar-refractivity contribution in [3.05, 3.63) is 29.9 Å². The number of rotatable bonds is 5. The number of nitrogens with zero attached hydrogens (tertiary/aromatic N) is 5. The van der Waals surface area contributed by atoms with Gasteiger partial charge in [0, 0.05) is 37.8 Å². The zero-order valence-electron chi connectivity index (χ0n) is 12.5. The second-order valence-electron chi connectivity index (χ2n) is 6.51. The van der Waals surface area contributed by atoms with Crippen molar-refractivity contribution in [1.29, 1.82) is 0 Å². The van der Waals surface area contributed by atoms with E-state index in [9.17, 15) is 0 Å². The van der Waals surface area contributed by atoms with Crippen molar-refractivity contribution in [3.8, 4) is 0 Å². The number of aromatic nitrogens is 5. The number of imidazole rings is 1. The number of aromatic amines is 1. The monoisotopic (exact) mass is 286 g/mol. The van der Waals surface area contributed by atoms with Crippen molar-refractivity contribution in [2.75, 3.05) is 13.6 Å².